The second kappa shape index (κ2) is 8.15. The molecule has 0 radical (unpaired) electrons. The van der Waals surface area contributed by atoms with Crippen molar-refractivity contribution in [2.24, 2.45) is 5.92 Å². The summed E-state index contributed by atoms with van der Waals surface area (Å²) in [6.07, 6.45) is 1.43. The number of carbonyl (C=O) groups is 2. The number of benzene rings is 2. The van der Waals surface area contributed by atoms with Gasteiger partial charge < -0.3 is 4.74 Å². The fourth-order valence-electron chi connectivity index (χ4n) is 3.75. The lowest BCUT2D eigenvalue weighted by Gasteiger charge is -2.35. The van der Waals surface area contributed by atoms with Crippen LogP contribution in [0.5, 0.6) is 0 Å². The number of halogens is 1. The Hall–Kier alpha value is -2.02. The number of para-hydroxylation sites is 1. The number of ether oxygens (including phenoxy) is 1. The van der Waals surface area contributed by atoms with Crippen molar-refractivity contribution in [2.75, 3.05) is 31.6 Å². The van der Waals surface area contributed by atoms with Crippen molar-refractivity contribution >= 4 is 46.6 Å². The van der Waals surface area contributed by atoms with Crippen molar-refractivity contribution in [3.8, 4) is 0 Å². The molecule has 0 unspecified atom stereocenters. The van der Waals surface area contributed by atoms with Crippen molar-refractivity contribution in [1.29, 1.82) is 0 Å². The lowest BCUT2D eigenvalue weighted by atomic mass is 9.97. The van der Waals surface area contributed by atoms with Crippen LogP contribution in [-0.2, 0) is 14.3 Å². The SMILES string of the molecule is COC(=O)C1CCN(CC(=O)N2c3ccccc3Sc3ccc(Cl)cc32)CC1. The minimum atomic E-state index is -0.156. The van der Waals surface area contributed by atoms with Gasteiger partial charge in [0, 0.05) is 14.8 Å². The molecule has 5 nitrogen and oxygen atoms in total. The van der Waals surface area contributed by atoms with Crippen LogP contribution >= 0.6 is 23.4 Å². The first-order chi connectivity index (χ1) is 13.6. The summed E-state index contributed by atoms with van der Waals surface area (Å²) in [5.41, 5.74) is 1.71. The third kappa shape index (κ3) is 3.77. The normalized spacial score (nSPS) is 17.0. The molecule has 0 spiro atoms. The Bertz CT molecular complexity index is 912. The van der Waals surface area contributed by atoms with Crippen LogP contribution in [0.25, 0.3) is 0 Å². The van der Waals surface area contributed by atoms with Crippen molar-refractivity contribution in [3.63, 3.8) is 0 Å². The Balaban J connectivity index is 1.55. The average Bonchev–Trinajstić information content (AvgIpc) is 2.72. The Labute approximate surface area is 173 Å². The molecule has 0 N–H and O–H groups in total. The van der Waals surface area contributed by atoms with E-state index in [1.54, 1.807) is 16.7 Å². The monoisotopic (exact) mass is 416 g/mol. The van der Waals surface area contributed by atoms with Crippen LogP contribution in [0.4, 0.5) is 11.4 Å². The van der Waals surface area contributed by atoms with Gasteiger partial charge in [0.2, 0.25) is 5.91 Å². The maximum Gasteiger partial charge on any atom is 0.308 e. The molecule has 4 rings (SSSR count). The van der Waals surface area contributed by atoms with Gasteiger partial charge in [-0.25, -0.2) is 0 Å². The number of nitrogens with zero attached hydrogens (tertiary/aromatic N) is 2. The van der Waals surface area contributed by atoms with E-state index in [1.165, 1.54) is 7.11 Å². The van der Waals surface area contributed by atoms with E-state index in [2.05, 4.69) is 4.90 Å². The van der Waals surface area contributed by atoms with E-state index in [0.29, 0.717) is 24.7 Å². The first kappa shape index (κ1) is 19.3. The summed E-state index contributed by atoms with van der Waals surface area (Å²) in [7, 11) is 1.42. The van der Waals surface area contributed by atoms with Gasteiger partial charge in [-0.15, -0.1) is 0 Å². The molecule has 1 amide bonds. The van der Waals surface area contributed by atoms with Gasteiger partial charge in [0.1, 0.15) is 0 Å². The molecule has 2 aliphatic heterocycles. The summed E-state index contributed by atoms with van der Waals surface area (Å²) >= 11 is 7.87. The maximum absolute atomic E-state index is 13.3. The number of carbonyl (C=O) groups excluding carboxylic acids is 2. The Kier molecular flexibility index (Phi) is 5.62. The summed E-state index contributed by atoms with van der Waals surface area (Å²) in [5.74, 6) is -0.215. The number of fused-ring (bicyclic) bond motifs is 2. The fraction of sp³-hybridized carbons (Fsp3) is 0.333. The molecule has 2 aromatic rings. The zero-order valence-corrected chi connectivity index (χ0v) is 17.1. The molecule has 2 aliphatic rings. The van der Waals surface area contributed by atoms with E-state index in [4.69, 9.17) is 16.3 Å². The smallest absolute Gasteiger partial charge is 0.308 e. The fourth-order valence-corrected chi connectivity index (χ4v) is 4.96. The Morgan fingerprint density at radius 1 is 1.11 bits per heavy atom. The van der Waals surface area contributed by atoms with Crippen molar-refractivity contribution in [3.05, 3.63) is 47.5 Å². The van der Waals surface area contributed by atoms with Gasteiger partial charge in [-0.05, 0) is 56.3 Å². The number of methoxy groups -OCH3 is 1. The third-order valence-electron chi connectivity index (χ3n) is 5.22. The molecule has 0 aliphatic carbocycles. The van der Waals surface area contributed by atoms with Crippen LogP contribution in [0, 0.1) is 5.92 Å². The second-order valence-electron chi connectivity index (χ2n) is 6.98. The predicted molar refractivity (Wildman–Crippen MR) is 110 cm³/mol. The predicted octanol–water partition coefficient (Wildman–Crippen LogP) is 4.35. The third-order valence-corrected chi connectivity index (χ3v) is 6.58. The molecule has 146 valence electrons. The van der Waals surface area contributed by atoms with E-state index in [9.17, 15) is 9.59 Å². The van der Waals surface area contributed by atoms with Gasteiger partial charge in [0.25, 0.3) is 0 Å². The maximum atomic E-state index is 13.3. The minimum Gasteiger partial charge on any atom is -0.469 e. The highest BCUT2D eigenvalue weighted by molar-refractivity contribution is 7.99. The minimum absolute atomic E-state index is 0.00721. The Morgan fingerprint density at radius 2 is 1.82 bits per heavy atom. The average molecular weight is 417 g/mol. The largest absolute Gasteiger partial charge is 0.469 e. The quantitative estimate of drug-likeness (QED) is 0.696. The number of amides is 1. The van der Waals surface area contributed by atoms with Crippen LogP contribution in [0.15, 0.2) is 52.3 Å². The van der Waals surface area contributed by atoms with Gasteiger partial charge in [0.15, 0.2) is 0 Å². The number of hydrogen-bond acceptors (Lipinski definition) is 5. The number of rotatable bonds is 3. The molecule has 1 fully saturated rings. The highest BCUT2D eigenvalue weighted by atomic mass is 35.5. The van der Waals surface area contributed by atoms with Gasteiger partial charge in [-0.2, -0.15) is 0 Å². The lowest BCUT2D eigenvalue weighted by molar-refractivity contribution is -0.147. The lowest BCUT2D eigenvalue weighted by Crippen LogP contribution is -2.43. The van der Waals surface area contributed by atoms with Crippen LogP contribution in [0.1, 0.15) is 12.8 Å². The number of piperidine rings is 1. The molecule has 0 bridgehead atoms. The highest BCUT2D eigenvalue weighted by Gasteiger charge is 2.31. The summed E-state index contributed by atoms with van der Waals surface area (Å²) in [4.78, 5) is 31.0. The van der Waals surface area contributed by atoms with Gasteiger partial charge in [-0.3, -0.25) is 19.4 Å². The Morgan fingerprint density at radius 3 is 2.57 bits per heavy atom. The first-order valence-electron chi connectivity index (χ1n) is 9.26. The zero-order chi connectivity index (χ0) is 19.7. The van der Waals surface area contributed by atoms with Gasteiger partial charge >= 0.3 is 5.97 Å². The summed E-state index contributed by atoms with van der Waals surface area (Å²) in [6, 6.07) is 13.6. The molecular formula is C21H21ClN2O3S. The highest BCUT2D eigenvalue weighted by Crippen LogP contribution is 2.48. The number of anilines is 2. The number of esters is 1. The molecule has 2 aromatic carbocycles. The summed E-state index contributed by atoms with van der Waals surface area (Å²) in [5, 5.41) is 0.607. The summed E-state index contributed by atoms with van der Waals surface area (Å²) < 4.78 is 4.84. The number of hydrogen-bond donors (Lipinski definition) is 0. The van der Waals surface area contributed by atoms with Crippen molar-refractivity contribution in [2.45, 2.75) is 22.6 Å². The topological polar surface area (TPSA) is 49.9 Å². The van der Waals surface area contributed by atoms with Gasteiger partial charge in [-0.1, -0.05) is 35.5 Å². The van der Waals surface area contributed by atoms with Crippen LogP contribution in [0.2, 0.25) is 5.02 Å². The van der Waals surface area contributed by atoms with Crippen LogP contribution in [-0.4, -0.2) is 43.5 Å². The standard InChI is InChI=1S/C21H21ClN2O3S/c1-27-21(26)14-8-10-23(11-9-14)13-20(25)24-16-4-2-3-5-18(16)28-19-7-6-15(22)12-17(19)24/h2-7,12,14H,8-11,13H2,1H3. The van der Waals surface area contributed by atoms with E-state index in [-0.39, 0.29) is 17.8 Å². The van der Waals surface area contributed by atoms with Gasteiger partial charge in [0.05, 0.1) is 30.9 Å². The number of likely N-dealkylation sites (tertiary alicyclic amines) is 1. The van der Waals surface area contributed by atoms with Crippen LogP contribution < -0.4 is 4.90 Å². The molecular weight excluding hydrogens is 396 g/mol. The molecule has 0 saturated carbocycles. The second-order valence-corrected chi connectivity index (χ2v) is 8.50. The molecule has 0 atom stereocenters. The summed E-state index contributed by atoms with van der Waals surface area (Å²) in [6.45, 7) is 1.72. The zero-order valence-electron chi connectivity index (χ0n) is 15.6. The van der Waals surface area contributed by atoms with E-state index in [0.717, 1.165) is 34.0 Å². The molecule has 7 heteroatoms. The van der Waals surface area contributed by atoms with E-state index in [1.807, 2.05) is 42.5 Å². The van der Waals surface area contributed by atoms with Crippen molar-refractivity contribution in [1.82, 2.24) is 4.90 Å². The molecule has 0 aromatic heterocycles. The molecule has 28 heavy (non-hydrogen) atoms. The van der Waals surface area contributed by atoms with E-state index >= 15 is 0 Å². The van der Waals surface area contributed by atoms with Crippen molar-refractivity contribution < 1.29 is 14.3 Å². The van der Waals surface area contributed by atoms with Crippen LogP contribution in [0.3, 0.4) is 0 Å². The van der Waals surface area contributed by atoms with E-state index < -0.39 is 0 Å². The molecule has 1 saturated heterocycles. The molecule has 2 heterocycles. The first-order valence-corrected chi connectivity index (χ1v) is 10.5.